The van der Waals surface area contributed by atoms with Gasteiger partial charge in [0.25, 0.3) is 0 Å². The Kier molecular flexibility index (Phi) is 4.93. The van der Waals surface area contributed by atoms with Crippen LogP contribution in [0.5, 0.6) is 0 Å². The van der Waals surface area contributed by atoms with Gasteiger partial charge in [0.1, 0.15) is 0 Å². The lowest BCUT2D eigenvalue weighted by Crippen LogP contribution is -2.48. The van der Waals surface area contributed by atoms with Crippen molar-refractivity contribution in [2.75, 3.05) is 38.2 Å². The molecule has 4 nitrogen and oxygen atoms in total. The predicted molar refractivity (Wildman–Crippen MR) is 93.6 cm³/mol. The SMILES string of the molecule is CN=C(NCC1(O)CCSC1)N1CCC(c2ccccc2)C1. The molecule has 1 aromatic carbocycles. The van der Waals surface area contributed by atoms with E-state index in [-0.39, 0.29) is 0 Å². The smallest absolute Gasteiger partial charge is 0.193 e. The Hall–Kier alpha value is -1.20. The summed E-state index contributed by atoms with van der Waals surface area (Å²) in [6, 6.07) is 10.7. The molecule has 0 spiro atoms. The van der Waals surface area contributed by atoms with Gasteiger partial charge >= 0.3 is 0 Å². The first kappa shape index (κ1) is 15.7. The summed E-state index contributed by atoms with van der Waals surface area (Å²) in [6.45, 7) is 2.61. The minimum atomic E-state index is -0.570. The summed E-state index contributed by atoms with van der Waals surface area (Å²) in [5, 5.41) is 13.8. The van der Waals surface area contributed by atoms with Gasteiger partial charge in [-0.05, 0) is 24.2 Å². The van der Waals surface area contributed by atoms with E-state index in [1.807, 2.05) is 18.8 Å². The molecule has 0 saturated carbocycles. The molecule has 2 saturated heterocycles. The Morgan fingerprint density at radius 3 is 2.95 bits per heavy atom. The van der Waals surface area contributed by atoms with Crippen LogP contribution in [0.4, 0.5) is 0 Å². The molecule has 0 bridgehead atoms. The molecule has 2 N–H and O–H groups in total. The molecule has 0 radical (unpaired) electrons. The van der Waals surface area contributed by atoms with E-state index >= 15 is 0 Å². The molecule has 2 fully saturated rings. The Bertz CT molecular complexity index is 514. The van der Waals surface area contributed by atoms with Gasteiger partial charge in [-0.3, -0.25) is 4.99 Å². The van der Waals surface area contributed by atoms with Gasteiger partial charge in [-0.2, -0.15) is 11.8 Å². The normalized spacial score (nSPS) is 29.1. The van der Waals surface area contributed by atoms with Gasteiger partial charge in [0.2, 0.25) is 0 Å². The third-order valence-corrected chi connectivity index (χ3v) is 5.86. The molecule has 5 heteroatoms. The van der Waals surface area contributed by atoms with Crippen LogP contribution < -0.4 is 5.32 Å². The zero-order chi connectivity index (χ0) is 15.4. The molecular weight excluding hydrogens is 294 g/mol. The Morgan fingerprint density at radius 1 is 1.45 bits per heavy atom. The highest BCUT2D eigenvalue weighted by atomic mass is 32.2. The second-order valence-corrected chi connectivity index (χ2v) is 7.38. The van der Waals surface area contributed by atoms with Crippen LogP contribution >= 0.6 is 11.8 Å². The number of aliphatic hydroxyl groups is 1. The van der Waals surface area contributed by atoms with E-state index in [0.717, 1.165) is 43.4 Å². The minimum absolute atomic E-state index is 0.570. The summed E-state index contributed by atoms with van der Waals surface area (Å²) in [5.74, 6) is 3.37. The Morgan fingerprint density at radius 2 is 2.27 bits per heavy atom. The first-order valence-corrected chi connectivity index (χ1v) is 9.16. The van der Waals surface area contributed by atoms with E-state index in [4.69, 9.17) is 0 Å². The van der Waals surface area contributed by atoms with Crippen LogP contribution in [0.1, 0.15) is 24.3 Å². The fourth-order valence-electron chi connectivity index (χ4n) is 3.26. The van der Waals surface area contributed by atoms with Crippen LogP contribution in [-0.4, -0.2) is 59.8 Å². The van der Waals surface area contributed by atoms with Crippen molar-refractivity contribution < 1.29 is 5.11 Å². The summed E-state index contributed by atoms with van der Waals surface area (Å²) in [6.07, 6.45) is 2.03. The molecule has 1 aromatic rings. The predicted octanol–water partition coefficient (Wildman–Crippen LogP) is 1.92. The average Bonchev–Trinajstić information content (AvgIpc) is 3.19. The lowest BCUT2D eigenvalue weighted by atomic mass is 9.99. The molecule has 0 amide bonds. The molecule has 120 valence electrons. The highest BCUT2D eigenvalue weighted by Gasteiger charge is 2.33. The van der Waals surface area contributed by atoms with Crippen LogP contribution in [0.2, 0.25) is 0 Å². The molecular formula is C17H25N3OS. The lowest BCUT2D eigenvalue weighted by molar-refractivity contribution is 0.0718. The summed E-state index contributed by atoms with van der Waals surface area (Å²) in [4.78, 5) is 6.71. The van der Waals surface area contributed by atoms with Crippen LogP contribution in [0.25, 0.3) is 0 Å². The van der Waals surface area contributed by atoms with Crippen molar-refractivity contribution in [2.45, 2.75) is 24.4 Å². The van der Waals surface area contributed by atoms with E-state index in [1.54, 1.807) is 0 Å². The second-order valence-electron chi connectivity index (χ2n) is 6.27. The quantitative estimate of drug-likeness (QED) is 0.660. The zero-order valence-corrected chi connectivity index (χ0v) is 14.0. The van der Waals surface area contributed by atoms with E-state index in [9.17, 15) is 5.11 Å². The monoisotopic (exact) mass is 319 g/mol. The van der Waals surface area contributed by atoms with E-state index < -0.39 is 5.60 Å². The first-order chi connectivity index (χ1) is 10.7. The van der Waals surface area contributed by atoms with Gasteiger partial charge in [-0.1, -0.05) is 30.3 Å². The van der Waals surface area contributed by atoms with Gasteiger partial charge in [-0.15, -0.1) is 0 Å². The summed E-state index contributed by atoms with van der Waals surface area (Å²) >= 11 is 1.83. The fourth-order valence-corrected chi connectivity index (χ4v) is 4.56. The number of nitrogens with one attached hydrogen (secondary N) is 1. The van der Waals surface area contributed by atoms with Crippen molar-refractivity contribution in [1.29, 1.82) is 0 Å². The number of hydrogen-bond acceptors (Lipinski definition) is 3. The Balaban J connectivity index is 1.56. The number of rotatable bonds is 3. The molecule has 0 aromatic heterocycles. The van der Waals surface area contributed by atoms with Crippen LogP contribution in [-0.2, 0) is 0 Å². The molecule has 2 aliphatic heterocycles. The maximum absolute atomic E-state index is 10.5. The fraction of sp³-hybridized carbons (Fsp3) is 0.588. The number of benzene rings is 1. The van der Waals surface area contributed by atoms with Gasteiger partial charge in [0.05, 0.1) is 5.60 Å². The van der Waals surface area contributed by atoms with Crippen LogP contribution in [0, 0.1) is 0 Å². The molecule has 2 aliphatic rings. The maximum atomic E-state index is 10.5. The first-order valence-electron chi connectivity index (χ1n) is 8.01. The van der Waals surface area contributed by atoms with E-state index in [1.165, 1.54) is 5.56 Å². The molecule has 2 heterocycles. The number of nitrogens with zero attached hydrogens (tertiary/aromatic N) is 2. The Labute approximate surface area is 137 Å². The summed E-state index contributed by atoms with van der Waals surface area (Å²) in [7, 11) is 1.83. The minimum Gasteiger partial charge on any atom is -0.387 e. The molecule has 3 rings (SSSR count). The molecule has 22 heavy (non-hydrogen) atoms. The highest BCUT2D eigenvalue weighted by molar-refractivity contribution is 7.99. The molecule has 2 atom stereocenters. The van der Waals surface area contributed by atoms with Gasteiger partial charge in [0, 0.05) is 38.4 Å². The second kappa shape index (κ2) is 6.92. The highest BCUT2D eigenvalue weighted by Crippen LogP contribution is 2.28. The number of hydrogen-bond donors (Lipinski definition) is 2. The largest absolute Gasteiger partial charge is 0.387 e. The van der Waals surface area contributed by atoms with Crippen LogP contribution in [0.15, 0.2) is 35.3 Å². The maximum Gasteiger partial charge on any atom is 0.193 e. The zero-order valence-electron chi connectivity index (χ0n) is 13.2. The topological polar surface area (TPSA) is 47.9 Å². The number of guanidine groups is 1. The van der Waals surface area contributed by atoms with Gasteiger partial charge in [0.15, 0.2) is 5.96 Å². The van der Waals surface area contributed by atoms with E-state index in [2.05, 4.69) is 45.5 Å². The summed E-state index contributed by atoms with van der Waals surface area (Å²) < 4.78 is 0. The van der Waals surface area contributed by atoms with Crippen molar-refractivity contribution in [3.63, 3.8) is 0 Å². The van der Waals surface area contributed by atoms with Crippen molar-refractivity contribution in [2.24, 2.45) is 4.99 Å². The number of thioether (sulfide) groups is 1. The standard InChI is InChI=1S/C17H25N3OS/c1-18-16(19-12-17(21)8-10-22-13-17)20-9-7-15(11-20)14-5-3-2-4-6-14/h2-6,15,21H,7-13H2,1H3,(H,18,19). The van der Waals surface area contributed by atoms with Crippen molar-refractivity contribution in [3.05, 3.63) is 35.9 Å². The van der Waals surface area contributed by atoms with Crippen molar-refractivity contribution in [1.82, 2.24) is 10.2 Å². The van der Waals surface area contributed by atoms with E-state index in [0.29, 0.717) is 12.5 Å². The van der Waals surface area contributed by atoms with Crippen LogP contribution in [0.3, 0.4) is 0 Å². The number of likely N-dealkylation sites (tertiary alicyclic amines) is 1. The van der Waals surface area contributed by atoms with Gasteiger partial charge < -0.3 is 15.3 Å². The summed E-state index contributed by atoms with van der Waals surface area (Å²) in [5.41, 5.74) is 0.838. The van der Waals surface area contributed by atoms with Gasteiger partial charge in [-0.25, -0.2) is 0 Å². The molecule has 2 unspecified atom stereocenters. The third kappa shape index (κ3) is 3.58. The average molecular weight is 319 g/mol. The lowest BCUT2D eigenvalue weighted by Gasteiger charge is -2.27. The number of aliphatic imine (C=N–C) groups is 1. The molecule has 0 aliphatic carbocycles. The van der Waals surface area contributed by atoms with Crippen molar-refractivity contribution in [3.8, 4) is 0 Å². The third-order valence-electron chi connectivity index (χ3n) is 4.63. The van der Waals surface area contributed by atoms with Crippen molar-refractivity contribution >= 4 is 17.7 Å².